The van der Waals surface area contributed by atoms with E-state index in [0.717, 1.165) is 39.0 Å². The Balaban J connectivity index is 1.93. The van der Waals surface area contributed by atoms with E-state index >= 15 is 0 Å². The smallest absolute Gasteiger partial charge is 0.214 e. The summed E-state index contributed by atoms with van der Waals surface area (Å²) in [5.74, 6) is 0.603. The molecular weight excluding hydrogens is 336 g/mol. The van der Waals surface area contributed by atoms with Crippen LogP contribution in [0, 0.1) is 6.92 Å². The van der Waals surface area contributed by atoms with E-state index in [1.54, 1.807) is 6.20 Å². The van der Waals surface area contributed by atoms with E-state index in [9.17, 15) is 0 Å². The highest BCUT2D eigenvalue weighted by molar-refractivity contribution is 5.93. The minimum atomic E-state index is -0.335. The summed E-state index contributed by atoms with van der Waals surface area (Å²) in [5, 5.41) is 1.07. The molecule has 4 rings (SSSR count). The van der Waals surface area contributed by atoms with Crippen LogP contribution in [-0.4, -0.2) is 25.5 Å². The molecule has 4 aromatic heterocycles. The fourth-order valence-corrected chi connectivity index (χ4v) is 3.14. The number of nitrogens with one attached hydrogen (secondary N) is 1. The molecule has 0 fully saturated rings. The molecule has 0 aliphatic heterocycles. The summed E-state index contributed by atoms with van der Waals surface area (Å²) < 4.78 is 6.11. The molecular formula is C22H22N4O. The molecule has 0 amide bonds. The normalized spacial score (nSPS) is 11.7. The van der Waals surface area contributed by atoms with Crippen molar-refractivity contribution in [3.63, 3.8) is 0 Å². The van der Waals surface area contributed by atoms with Gasteiger partial charge in [0.15, 0.2) is 0 Å². The number of ether oxygens (including phenoxy) is 1. The Morgan fingerprint density at radius 2 is 1.81 bits per heavy atom. The van der Waals surface area contributed by atoms with Gasteiger partial charge in [-0.1, -0.05) is 0 Å². The van der Waals surface area contributed by atoms with E-state index in [0.29, 0.717) is 5.88 Å². The van der Waals surface area contributed by atoms with Crippen molar-refractivity contribution >= 4 is 11.0 Å². The summed E-state index contributed by atoms with van der Waals surface area (Å²) in [6.07, 6.45) is 7.36. The quantitative estimate of drug-likeness (QED) is 0.548. The predicted molar refractivity (Wildman–Crippen MR) is 108 cm³/mol. The van der Waals surface area contributed by atoms with Gasteiger partial charge in [0, 0.05) is 41.8 Å². The summed E-state index contributed by atoms with van der Waals surface area (Å²) in [5.41, 5.74) is 5.65. The maximum Gasteiger partial charge on any atom is 0.214 e. The highest BCUT2D eigenvalue weighted by Crippen LogP contribution is 2.34. The molecule has 0 aliphatic carbocycles. The molecule has 0 saturated heterocycles. The van der Waals surface area contributed by atoms with Gasteiger partial charge in [0.25, 0.3) is 0 Å². The lowest BCUT2D eigenvalue weighted by atomic mass is 10.0. The SMILES string of the molecule is Cc1cnccc1-c1cc(-c2ccnc3[nH]ccc23)cc(OC(C)(C)C)n1. The van der Waals surface area contributed by atoms with Gasteiger partial charge in [-0.25, -0.2) is 9.97 Å². The Hall–Kier alpha value is -3.21. The first kappa shape index (κ1) is 17.2. The number of H-pyrrole nitrogens is 1. The van der Waals surface area contributed by atoms with Crippen molar-refractivity contribution in [2.75, 3.05) is 0 Å². The molecule has 136 valence electrons. The molecule has 0 bridgehead atoms. The second-order valence-corrected chi connectivity index (χ2v) is 7.58. The van der Waals surface area contributed by atoms with Crippen molar-refractivity contribution < 1.29 is 4.74 Å². The molecule has 5 heteroatoms. The number of aromatic nitrogens is 4. The molecule has 0 saturated carbocycles. The van der Waals surface area contributed by atoms with Gasteiger partial charge in [-0.15, -0.1) is 0 Å². The predicted octanol–water partition coefficient (Wildman–Crippen LogP) is 5.17. The maximum absolute atomic E-state index is 6.11. The number of aryl methyl sites for hydroxylation is 1. The Kier molecular flexibility index (Phi) is 4.15. The first-order chi connectivity index (χ1) is 12.9. The molecule has 1 N–H and O–H groups in total. The molecule has 0 aromatic carbocycles. The third-order valence-electron chi connectivity index (χ3n) is 4.28. The Morgan fingerprint density at radius 3 is 2.59 bits per heavy atom. The lowest BCUT2D eigenvalue weighted by molar-refractivity contribution is 0.124. The van der Waals surface area contributed by atoms with E-state index in [2.05, 4.69) is 21.0 Å². The van der Waals surface area contributed by atoms with Crippen molar-refractivity contribution in [2.24, 2.45) is 0 Å². The molecule has 4 aromatic rings. The zero-order chi connectivity index (χ0) is 19.0. The van der Waals surface area contributed by atoms with Crippen LogP contribution in [-0.2, 0) is 0 Å². The van der Waals surface area contributed by atoms with E-state index < -0.39 is 0 Å². The van der Waals surface area contributed by atoms with Crippen molar-refractivity contribution in [1.29, 1.82) is 0 Å². The van der Waals surface area contributed by atoms with Crippen molar-refractivity contribution in [3.8, 4) is 28.3 Å². The van der Waals surface area contributed by atoms with Crippen LogP contribution in [0.4, 0.5) is 0 Å². The number of rotatable bonds is 3. The highest BCUT2D eigenvalue weighted by Gasteiger charge is 2.17. The van der Waals surface area contributed by atoms with Gasteiger partial charge in [0.1, 0.15) is 11.2 Å². The molecule has 0 spiro atoms. The van der Waals surface area contributed by atoms with Gasteiger partial charge in [-0.05, 0) is 68.7 Å². The summed E-state index contributed by atoms with van der Waals surface area (Å²) in [6, 6.07) is 10.1. The third kappa shape index (κ3) is 3.53. The molecule has 0 aliphatic rings. The van der Waals surface area contributed by atoms with Crippen LogP contribution < -0.4 is 4.74 Å². The Morgan fingerprint density at radius 1 is 1.00 bits per heavy atom. The number of hydrogen-bond acceptors (Lipinski definition) is 4. The molecule has 0 unspecified atom stereocenters. The van der Waals surface area contributed by atoms with E-state index in [-0.39, 0.29) is 5.60 Å². The zero-order valence-electron chi connectivity index (χ0n) is 15.9. The van der Waals surface area contributed by atoms with Crippen molar-refractivity contribution in [1.82, 2.24) is 19.9 Å². The molecule has 5 nitrogen and oxygen atoms in total. The van der Waals surface area contributed by atoms with Crippen molar-refractivity contribution in [3.05, 3.63) is 60.7 Å². The minimum absolute atomic E-state index is 0.335. The van der Waals surface area contributed by atoms with E-state index in [4.69, 9.17) is 9.72 Å². The lowest BCUT2D eigenvalue weighted by Crippen LogP contribution is -2.23. The standard InChI is InChI=1S/C22H22N4O/c1-14-13-23-8-5-16(14)19-11-15(12-20(26-19)27-22(2,3)4)17-6-9-24-21-18(17)7-10-25-21/h5-13H,1-4H3,(H,24,25). The van der Waals surface area contributed by atoms with Crippen LogP contribution in [0.3, 0.4) is 0 Å². The van der Waals surface area contributed by atoms with E-state index in [1.165, 1.54) is 0 Å². The second-order valence-electron chi connectivity index (χ2n) is 7.58. The molecule has 4 heterocycles. The van der Waals surface area contributed by atoms with Crippen LogP contribution >= 0.6 is 0 Å². The number of pyridine rings is 3. The van der Waals surface area contributed by atoms with Crippen LogP contribution in [0.15, 0.2) is 55.1 Å². The maximum atomic E-state index is 6.11. The van der Waals surface area contributed by atoms with E-state index in [1.807, 2.05) is 70.6 Å². The van der Waals surface area contributed by atoms with Crippen LogP contribution in [0.2, 0.25) is 0 Å². The average molecular weight is 358 g/mol. The summed E-state index contributed by atoms with van der Waals surface area (Å²) in [7, 11) is 0. The lowest BCUT2D eigenvalue weighted by Gasteiger charge is -2.21. The van der Waals surface area contributed by atoms with Gasteiger partial charge in [0.2, 0.25) is 5.88 Å². The van der Waals surface area contributed by atoms with Crippen LogP contribution in [0.25, 0.3) is 33.4 Å². The summed E-state index contributed by atoms with van der Waals surface area (Å²) in [6.45, 7) is 8.11. The number of aromatic amines is 1. The molecule has 0 atom stereocenters. The van der Waals surface area contributed by atoms with Crippen LogP contribution in [0.5, 0.6) is 5.88 Å². The second kappa shape index (κ2) is 6.50. The van der Waals surface area contributed by atoms with Crippen LogP contribution in [0.1, 0.15) is 26.3 Å². The molecule has 27 heavy (non-hydrogen) atoms. The number of nitrogens with zero attached hydrogens (tertiary/aromatic N) is 3. The minimum Gasteiger partial charge on any atom is -0.472 e. The average Bonchev–Trinajstić information content (AvgIpc) is 3.09. The van der Waals surface area contributed by atoms with Gasteiger partial charge < -0.3 is 9.72 Å². The Labute approximate surface area is 158 Å². The number of fused-ring (bicyclic) bond motifs is 1. The summed E-state index contributed by atoms with van der Waals surface area (Å²) in [4.78, 5) is 16.5. The van der Waals surface area contributed by atoms with Gasteiger partial charge in [-0.3, -0.25) is 4.98 Å². The monoisotopic (exact) mass is 358 g/mol. The van der Waals surface area contributed by atoms with Gasteiger partial charge in [0.05, 0.1) is 5.69 Å². The van der Waals surface area contributed by atoms with Gasteiger partial charge >= 0.3 is 0 Å². The number of hydrogen-bond donors (Lipinski definition) is 1. The Bertz CT molecular complexity index is 1110. The highest BCUT2D eigenvalue weighted by atomic mass is 16.5. The first-order valence-electron chi connectivity index (χ1n) is 8.95. The zero-order valence-corrected chi connectivity index (χ0v) is 15.9. The fourth-order valence-electron chi connectivity index (χ4n) is 3.14. The first-order valence-corrected chi connectivity index (χ1v) is 8.95. The van der Waals surface area contributed by atoms with Gasteiger partial charge in [-0.2, -0.15) is 0 Å². The topological polar surface area (TPSA) is 63.7 Å². The largest absolute Gasteiger partial charge is 0.472 e. The molecule has 0 radical (unpaired) electrons. The van der Waals surface area contributed by atoms with Crippen molar-refractivity contribution in [2.45, 2.75) is 33.3 Å². The third-order valence-corrected chi connectivity index (χ3v) is 4.28. The fraction of sp³-hybridized carbons (Fsp3) is 0.227. The summed E-state index contributed by atoms with van der Waals surface area (Å²) >= 11 is 0.